The molecular formula is C23H23N3O3. The Labute approximate surface area is 169 Å². The molecule has 0 unspecified atom stereocenters. The third kappa shape index (κ3) is 3.82. The number of hydrogen-bond acceptors (Lipinski definition) is 5. The van der Waals surface area contributed by atoms with Crippen molar-refractivity contribution >= 4 is 16.7 Å². The number of aromatic nitrogens is 2. The number of hydrogen-bond donors (Lipinski definition) is 1. The van der Waals surface area contributed by atoms with Gasteiger partial charge in [-0.05, 0) is 60.2 Å². The van der Waals surface area contributed by atoms with Gasteiger partial charge in [0.1, 0.15) is 12.1 Å². The standard InChI is InChI=1S/C23H23N3O3/c1-27-19-8-6-18(7-9-19)26-15-25-20-13-17(5-10-21(20)26)24-14-16-4-11-22(28-2)23(12-16)29-3/h4-13,15,24H,14H2,1-3H3. The van der Waals surface area contributed by atoms with E-state index in [1.165, 1.54) is 0 Å². The number of methoxy groups -OCH3 is 3. The van der Waals surface area contributed by atoms with Gasteiger partial charge in [-0.3, -0.25) is 4.57 Å². The molecule has 0 fully saturated rings. The number of ether oxygens (including phenoxy) is 3. The third-order valence-electron chi connectivity index (χ3n) is 4.84. The minimum atomic E-state index is 0.672. The first-order valence-corrected chi connectivity index (χ1v) is 9.28. The number of benzene rings is 3. The molecule has 148 valence electrons. The van der Waals surface area contributed by atoms with Gasteiger partial charge in [-0.15, -0.1) is 0 Å². The summed E-state index contributed by atoms with van der Waals surface area (Å²) in [6.07, 6.45) is 1.84. The zero-order chi connectivity index (χ0) is 20.2. The van der Waals surface area contributed by atoms with Crippen LogP contribution in [0.25, 0.3) is 16.7 Å². The number of nitrogens with zero attached hydrogens (tertiary/aromatic N) is 2. The molecule has 4 rings (SSSR count). The molecule has 29 heavy (non-hydrogen) atoms. The highest BCUT2D eigenvalue weighted by atomic mass is 16.5. The SMILES string of the molecule is COc1ccc(-n2cnc3cc(NCc4ccc(OC)c(OC)c4)ccc32)cc1. The van der Waals surface area contributed by atoms with Gasteiger partial charge in [0, 0.05) is 17.9 Å². The van der Waals surface area contributed by atoms with E-state index < -0.39 is 0 Å². The molecular weight excluding hydrogens is 366 g/mol. The van der Waals surface area contributed by atoms with Gasteiger partial charge in [-0.25, -0.2) is 4.98 Å². The fourth-order valence-corrected chi connectivity index (χ4v) is 3.27. The molecule has 1 N–H and O–H groups in total. The number of imidazole rings is 1. The van der Waals surface area contributed by atoms with Crippen molar-refractivity contribution in [3.63, 3.8) is 0 Å². The van der Waals surface area contributed by atoms with Crippen molar-refractivity contribution in [1.29, 1.82) is 0 Å². The van der Waals surface area contributed by atoms with Crippen LogP contribution in [0.5, 0.6) is 17.2 Å². The summed E-state index contributed by atoms with van der Waals surface area (Å²) in [7, 11) is 4.94. The van der Waals surface area contributed by atoms with E-state index in [2.05, 4.69) is 33.1 Å². The van der Waals surface area contributed by atoms with Gasteiger partial charge in [0.15, 0.2) is 11.5 Å². The van der Waals surface area contributed by atoms with Crippen LogP contribution in [0.4, 0.5) is 5.69 Å². The van der Waals surface area contributed by atoms with E-state index in [9.17, 15) is 0 Å². The highest BCUT2D eigenvalue weighted by Gasteiger charge is 2.07. The Hall–Kier alpha value is -3.67. The fourth-order valence-electron chi connectivity index (χ4n) is 3.27. The van der Waals surface area contributed by atoms with Gasteiger partial charge in [0.05, 0.1) is 32.4 Å². The van der Waals surface area contributed by atoms with Gasteiger partial charge in [0.2, 0.25) is 0 Å². The van der Waals surface area contributed by atoms with Crippen molar-refractivity contribution in [2.75, 3.05) is 26.6 Å². The van der Waals surface area contributed by atoms with E-state index in [1.807, 2.05) is 48.8 Å². The van der Waals surface area contributed by atoms with Crippen molar-refractivity contribution in [2.45, 2.75) is 6.54 Å². The largest absolute Gasteiger partial charge is 0.497 e. The van der Waals surface area contributed by atoms with Gasteiger partial charge < -0.3 is 19.5 Å². The summed E-state index contributed by atoms with van der Waals surface area (Å²) in [6, 6.07) is 20.0. The minimum absolute atomic E-state index is 0.672. The smallest absolute Gasteiger partial charge is 0.161 e. The van der Waals surface area contributed by atoms with Crippen LogP contribution in [0.3, 0.4) is 0 Å². The van der Waals surface area contributed by atoms with E-state index >= 15 is 0 Å². The van der Waals surface area contributed by atoms with Crippen molar-refractivity contribution in [3.8, 4) is 22.9 Å². The molecule has 0 radical (unpaired) electrons. The molecule has 0 amide bonds. The quantitative estimate of drug-likeness (QED) is 0.498. The van der Waals surface area contributed by atoms with Gasteiger partial charge in [0.25, 0.3) is 0 Å². The Balaban J connectivity index is 1.52. The maximum atomic E-state index is 5.37. The third-order valence-corrected chi connectivity index (χ3v) is 4.84. The molecule has 0 aliphatic carbocycles. The molecule has 0 aliphatic heterocycles. The summed E-state index contributed by atoms with van der Waals surface area (Å²) in [5, 5.41) is 3.44. The first-order chi connectivity index (χ1) is 14.2. The molecule has 0 bridgehead atoms. The summed E-state index contributed by atoms with van der Waals surface area (Å²) < 4.78 is 18.0. The molecule has 4 aromatic rings. The van der Waals surface area contributed by atoms with Crippen molar-refractivity contribution in [1.82, 2.24) is 9.55 Å². The van der Waals surface area contributed by atoms with Crippen LogP contribution in [0.15, 0.2) is 67.0 Å². The maximum Gasteiger partial charge on any atom is 0.161 e. The average Bonchev–Trinajstić information content (AvgIpc) is 3.20. The first-order valence-electron chi connectivity index (χ1n) is 9.28. The second kappa shape index (κ2) is 8.14. The number of nitrogens with one attached hydrogen (secondary N) is 1. The lowest BCUT2D eigenvalue weighted by Crippen LogP contribution is -2.00. The Morgan fingerprint density at radius 1 is 0.828 bits per heavy atom. The Morgan fingerprint density at radius 3 is 2.34 bits per heavy atom. The molecule has 1 aromatic heterocycles. The van der Waals surface area contributed by atoms with Crippen LogP contribution < -0.4 is 19.5 Å². The van der Waals surface area contributed by atoms with Crippen molar-refractivity contribution < 1.29 is 14.2 Å². The number of anilines is 1. The number of fused-ring (bicyclic) bond motifs is 1. The summed E-state index contributed by atoms with van der Waals surface area (Å²) in [6.45, 7) is 0.672. The van der Waals surface area contributed by atoms with Crippen LogP contribution >= 0.6 is 0 Å². The van der Waals surface area contributed by atoms with E-state index in [4.69, 9.17) is 14.2 Å². The zero-order valence-electron chi connectivity index (χ0n) is 16.7. The maximum absolute atomic E-state index is 5.37. The molecule has 0 atom stereocenters. The van der Waals surface area contributed by atoms with Gasteiger partial charge in [-0.2, -0.15) is 0 Å². The van der Waals surface area contributed by atoms with Crippen molar-refractivity contribution in [2.24, 2.45) is 0 Å². The van der Waals surface area contributed by atoms with Gasteiger partial charge in [-0.1, -0.05) is 6.07 Å². The first kappa shape index (κ1) is 18.7. The Bertz CT molecular complexity index is 1120. The summed E-state index contributed by atoms with van der Waals surface area (Å²) in [5.41, 5.74) is 5.13. The highest BCUT2D eigenvalue weighted by molar-refractivity contribution is 5.81. The van der Waals surface area contributed by atoms with Crippen molar-refractivity contribution in [3.05, 3.63) is 72.6 Å². The van der Waals surface area contributed by atoms with Crippen LogP contribution in [0.1, 0.15) is 5.56 Å². The highest BCUT2D eigenvalue weighted by Crippen LogP contribution is 2.28. The Morgan fingerprint density at radius 2 is 1.62 bits per heavy atom. The fraction of sp³-hybridized carbons (Fsp3) is 0.174. The Kier molecular flexibility index (Phi) is 5.24. The van der Waals surface area contributed by atoms with E-state index in [0.29, 0.717) is 6.54 Å². The molecule has 0 spiro atoms. The predicted octanol–water partition coefficient (Wildman–Crippen LogP) is 4.66. The second-order valence-corrected chi connectivity index (χ2v) is 6.56. The normalized spacial score (nSPS) is 10.7. The lowest BCUT2D eigenvalue weighted by molar-refractivity contribution is 0.354. The molecule has 1 heterocycles. The van der Waals surface area contributed by atoms with Crippen LogP contribution in [0, 0.1) is 0 Å². The van der Waals surface area contributed by atoms with Crippen LogP contribution in [-0.4, -0.2) is 30.9 Å². The second-order valence-electron chi connectivity index (χ2n) is 6.56. The van der Waals surface area contributed by atoms with E-state index in [1.54, 1.807) is 21.3 Å². The zero-order valence-corrected chi connectivity index (χ0v) is 16.7. The van der Waals surface area contributed by atoms with Crippen LogP contribution in [0.2, 0.25) is 0 Å². The van der Waals surface area contributed by atoms with E-state index in [-0.39, 0.29) is 0 Å². The molecule has 3 aromatic carbocycles. The summed E-state index contributed by atoms with van der Waals surface area (Å²) in [4.78, 5) is 4.56. The minimum Gasteiger partial charge on any atom is -0.497 e. The molecule has 6 heteroatoms. The number of rotatable bonds is 7. The van der Waals surface area contributed by atoms with E-state index in [0.717, 1.165) is 45.2 Å². The monoisotopic (exact) mass is 389 g/mol. The molecule has 6 nitrogen and oxygen atoms in total. The topological polar surface area (TPSA) is 57.5 Å². The molecule has 0 saturated carbocycles. The predicted molar refractivity (Wildman–Crippen MR) is 114 cm³/mol. The summed E-state index contributed by atoms with van der Waals surface area (Å²) >= 11 is 0. The van der Waals surface area contributed by atoms with Crippen LogP contribution in [-0.2, 0) is 6.54 Å². The average molecular weight is 389 g/mol. The lowest BCUT2D eigenvalue weighted by atomic mass is 10.2. The summed E-state index contributed by atoms with van der Waals surface area (Å²) in [5.74, 6) is 2.28. The lowest BCUT2D eigenvalue weighted by Gasteiger charge is -2.11. The van der Waals surface area contributed by atoms with Gasteiger partial charge >= 0.3 is 0 Å². The molecule has 0 saturated heterocycles. The molecule has 0 aliphatic rings.